The van der Waals surface area contributed by atoms with Crippen LogP contribution in [0.3, 0.4) is 0 Å². The van der Waals surface area contributed by atoms with E-state index in [1.54, 1.807) is 0 Å². The molecule has 5 nitrogen and oxygen atoms in total. The Kier molecular flexibility index (Phi) is 8.45. The lowest BCUT2D eigenvalue weighted by atomic mass is 10.2. The minimum atomic E-state index is 0.0509. The van der Waals surface area contributed by atoms with E-state index in [9.17, 15) is 4.79 Å². The molecular formula is C26H29BrN4OS. The first-order valence-corrected chi connectivity index (χ1v) is 13.0. The summed E-state index contributed by atoms with van der Waals surface area (Å²) in [5.41, 5.74) is 8.23. The molecule has 0 aliphatic rings. The summed E-state index contributed by atoms with van der Waals surface area (Å²) in [4.78, 5) is 21.4. The average molecular weight is 526 g/mol. The van der Waals surface area contributed by atoms with Crippen molar-refractivity contribution in [2.45, 2.75) is 32.4 Å². The maximum Gasteiger partial charge on any atom is 0.262 e. The first kappa shape index (κ1) is 23.8. The molecule has 0 saturated carbocycles. The highest BCUT2D eigenvalue weighted by molar-refractivity contribution is 9.10. The quantitative estimate of drug-likeness (QED) is 0.298. The molecular weight excluding hydrogens is 496 g/mol. The van der Waals surface area contributed by atoms with Gasteiger partial charge in [0.15, 0.2) is 0 Å². The summed E-state index contributed by atoms with van der Waals surface area (Å²) in [6.45, 7) is 4.01. The number of nitrogens with two attached hydrogens (primary N) is 1. The van der Waals surface area contributed by atoms with Crippen LogP contribution in [0.1, 0.15) is 29.8 Å². The van der Waals surface area contributed by atoms with Crippen molar-refractivity contribution >= 4 is 37.5 Å². The van der Waals surface area contributed by atoms with Gasteiger partial charge >= 0.3 is 0 Å². The Balaban J connectivity index is 1.50. The van der Waals surface area contributed by atoms with E-state index in [0.717, 1.165) is 59.6 Å². The highest BCUT2D eigenvalue weighted by Crippen LogP contribution is 2.18. The summed E-state index contributed by atoms with van der Waals surface area (Å²) in [5.74, 6) is 0.862. The Morgan fingerprint density at radius 3 is 2.48 bits per heavy atom. The largest absolute Gasteiger partial charge is 0.330 e. The van der Waals surface area contributed by atoms with Crippen LogP contribution in [0, 0.1) is 0 Å². The number of halogens is 1. The van der Waals surface area contributed by atoms with Gasteiger partial charge in [0.1, 0.15) is 10.7 Å². The minimum Gasteiger partial charge on any atom is -0.330 e. The number of benzene rings is 2. The number of aryl methyl sites for hydroxylation is 1. The molecule has 0 radical (unpaired) electrons. The van der Waals surface area contributed by atoms with E-state index in [-0.39, 0.29) is 5.56 Å². The van der Waals surface area contributed by atoms with Gasteiger partial charge in [-0.2, -0.15) is 0 Å². The third kappa shape index (κ3) is 6.38. The van der Waals surface area contributed by atoms with Crippen molar-refractivity contribution in [2.75, 3.05) is 19.6 Å². The molecule has 2 heterocycles. The zero-order valence-electron chi connectivity index (χ0n) is 18.6. The second kappa shape index (κ2) is 11.7. The van der Waals surface area contributed by atoms with Crippen LogP contribution in [0.4, 0.5) is 0 Å². The Hall–Kier alpha value is -2.32. The van der Waals surface area contributed by atoms with Crippen molar-refractivity contribution in [3.05, 3.63) is 97.8 Å². The highest BCUT2D eigenvalue weighted by Gasteiger charge is 2.13. The molecule has 4 aromatic rings. The van der Waals surface area contributed by atoms with Crippen LogP contribution in [0.15, 0.2) is 75.3 Å². The van der Waals surface area contributed by atoms with Gasteiger partial charge in [0.2, 0.25) is 0 Å². The second-order valence-corrected chi connectivity index (χ2v) is 10.0. The van der Waals surface area contributed by atoms with E-state index in [1.165, 1.54) is 16.9 Å². The van der Waals surface area contributed by atoms with Crippen LogP contribution < -0.4 is 11.3 Å². The van der Waals surface area contributed by atoms with Crippen LogP contribution in [0.2, 0.25) is 0 Å². The van der Waals surface area contributed by atoms with E-state index < -0.39 is 0 Å². The van der Waals surface area contributed by atoms with Gasteiger partial charge in [0.25, 0.3) is 5.56 Å². The summed E-state index contributed by atoms with van der Waals surface area (Å²) in [7, 11) is 0. The fraction of sp³-hybridized carbons (Fsp3) is 0.308. The van der Waals surface area contributed by atoms with Crippen LogP contribution >= 0.6 is 27.3 Å². The fourth-order valence-corrected chi connectivity index (χ4v) is 5.04. The zero-order valence-corrected chi connectivity index (χ0v) is 21.0. The molecule has 2 aromatic carbocycles. The van der Waals surface area contributed by atoms with Crippen molar-refractivity contribution in [3.8, 4) is 0 Å². The molecule has 0 saturated heterocycles. The molecule has 0 amide bonds. The van der Waals surface area contributed by atoms with Crippen molar-refractivity contribution in [1.29, 1.82) is 0 Å². The summed E-state index contributed by atoms with van der Waals surface area (Å²) in [6.07, 6.45) is 2.66. The van der Waals surface area contributed by atoms with Crippen molar-refractivity contribution in [1.82, 2.24) is 14.5 Å². The normalized spacial score (nSPS) is 11.5. The summed E-state index contributed by atoms with van der Waals surface area (Å²) in [6, 6.07) is 20.5. The Bertz CT molecular complexity index is 1220. The van der Waals surface area contributed by atoms with Gasteiger partial charge in [-0.25, -0.2) is 4.98 Å². The third-order valence-corrected chi connectivity index (χ3v) is 7.05. The zero-order chi connectivity index (χ0) is 23.0. The Labute approximate surface area is 207 Å². The topological polar surface area (TPSA) is 64.2 Å². The SMILES string of the molecule is NCCCN(CCCc1nc2sccc2c(=O)n1Cc1ccccc1)Cc1ccc(Br)cc1. The lowest BCUT2D eigenvalue weighted by molar-refractivity contribution is 0.259. The number of hydrogen-bond donors (Lipinski definition) is 1. The molecule has 33 heavy (non-hydrogen) atoms. The number of thiophene rings is 1. The summed E-state index contributed by atoms with van der Waals surface area (Å²) in [5, 5.41) is 2.65. The van der Waals surface area contributed by atoms with Crippen LogP contribution in [0.25, 0.3) is 10.2 Å². The van der Waals surface area contributed by atoms with E-state index in [1.807, 2.05) is 34.2 Å². The van der Waals surface area contributed by atoms with Gasteiger partial charge in [0, 0.05) is 17.4 Å². The predicted molar refractivity (Wildman–Crippen MR) is 141 cm³/mol. The van der Waals surface area contributed by atoms with Gasteiger partial charge < -0.3 is 5.73 Å². The van der Waals surface area contributed by atoms with E-state index in [2.05, 4.69) is 57.2 Å². The highest BCUT2D eigenvalue weighted by atomic mass is 79.9. The van der Waals surface area contributed by atoms with Crippen LogP contribution in [0.5, 0.6) is 0 Å². The molecule has 0 atom stereocenters. The monoisotopic (exact) mass is 524 g/mol. The molecule has 4 rings (SSSR count). The Morgan fingerprint density at radius 2 is 1.73 bits per heavy atom. The molecule has 2 aromatic heterocycles. The molecule has 0 aliphatic carbocycles. The number of hydrogen-bond acceptors (Lipinski definition) is 5. The number of rotatable bonds is 11. The minimum absolute atomic E-state index is 0.0509. The molecule has 0 spiro atoms. The standard InChI is InChI=1S/C26H29BrN4OS/c27-22-11-9-21(10-12-22)18-30(16-5-14-28)15-4-8-24-29-25-23(13-17-33-25)26(32)31(24)19-20-6-2-1-3-7-20/h1-3,6-7,9-13,17H,4-5,8,14-16,18-19,28H2. The molecule has 0 unspecified atom stereocenters. The predicted octanol–water partition coefficient (Wildman–Crippen LogP) is 5.05. The molecule has 0 bridgehead atoms. The first-order chi connectivity index (χ1) is 16.1. The molecule has 0 fully saturated rings. The van der Waals surface area contributed by atoms with Gasteiger partial charge in [-0.3, -0.25) is 14.3 Å². The van der Waals surface area contributed by atoms with E-state index >= 15 is 0 Å². The van der Waals surface area contributed by atoms with Gasteiger partial charge in [0.05, 0.1) is 11.9 Å². The number of nitrogens with zero attached hydrogens (tertiary/aromatic N) is 3. The third-order valence-electron chi connectivity index (χ3n) is 5.72. The molecule has 2 N–H and O–H groups in total. The lowest BCUT2D eigenvalue weighted by Crippen LogP contribution is -2.29. The van der Waals surface area contributed by atoms with Crippen molar-refractivity contribution in [3.63, 3.8) is 0 Å². The smallest absolute Gasteiger partial charge is 0.262 e. The molecule has 7 heteroatoms. The second-order valence-electron chi connectivity index (χ2n) is 8.19. The van der Waals surface area contributed by atoms with Crippen LogP contribution in [-0.2, 0) is 19.5 Å². The van der Waals surface area contributed by atoms with Gasteiger partial charge in [-0.05, 0) is 67.2 Å². The fourth-order valence-electron chi connectivity index (χ4n) is 4.00. The van der Waals surface area contributed by atoms with Crippen LogP contribution in [-0.4, -0.2) is 34.1 Å². The Morgan fingerprint density at radius 1 is 0.970 bits per heavy atom. The maximum atomic E-state index is 13.2. The molecule has 172 valence electrons. The van der Waals surface area contributed by atoms with Crippen molar-refractivity contribution in [2.24, 2.45) is 5.73 Å². The number of fused-ring (bicyclic) bond motifs is 1. The molecule has 0 aliphatic heterocycles. The maximum absolute atomic E-state index is 13.2. The van der Waals surface area contributed by atoms with E-state index in [0.29, 0.717) is 18.5 Å². The summed E-state index contributed by atoms with van der Waals surface area (Å²) >= 11 is 5.04. The lowest BCUT2D eigenvalue weighted by Gasteiger charge is -2.22. The van der Waals surface area contributed by atoms with E-state index in [4.69, 9.17) is 10.7 Å². The first-order valence-electron chi connectivity index (χ1n) is 11.3. The van der Waals surface area contributed by atoms with Crippen molar-refractivity contribution < 1.29 is 0 Å². The summed E-state index contributed by atoms with van der Waals surface area (Å²) < 4.78 is 2.94. The van der Waals surface area contributed by atoms with Gasteiger partial charge in [-0.15, -0.1) is 11.3 Å². The van der Waals surface area contributed by atoms with Gasteiger partial charge in [-0.1, -0.05) is 58.4 Å². The average Bonchev–Trinajstić information content (AvgIpc) is 3.30. The number of aromatic nitrogens is 2.